The van der Waals surface area contributed by atoms with E-state index in [-0.39, 0.29) is 0 Å². The Balaban J connectivity index is 1.18. The first-order valence-corrected chi connectivity index (χ1v) is 17.4. The second kappa shape index (κ2) is 10.1. The van der Waals surface area contributed by atoms with Crippen LogP contribution in [0.15, 0.2) is 157 Å². The first-order valence-electron chi connectivity index (χ1n) is 15.7. The molecule has 2 heteroatoms. The number of benzene rings is 8. The van der Waals surface area contributed by atoms with Crippen molar-refractivity contribution < 1.29 is 0 Å². The van der Waals surface area contributed by atoms with Crippen molar-refractivity contribution in [3.05, 3.63) is 157 Å². The lowest BCUT2D eigenvalue weighted by Gasteiger charge is -2.17. The average Bonchev–Trinajstić information content (AvgIpc) is 3.72. The summed E-state index contributed by atoms with van der Waals surface area (Å²) in [5, 5.41) is 14.1. The molecule has 2 aromatic heterocycles. The van der Waals surface area contributed by atoms with Crippen LogP contribution in [0.4, 0.5) is 0 Å². The zero-order valence-electron chi connectivity index (χ0n) is 24.8. The molecule has 0 nitrogen and oxygen atoms in total. The lowest BCUT2D eigenvalue weighted by Crippen LogP contribution is -1.90. The number of hydrogen-bond donors (Lipinski definition) is 0. The number of hydrogen-bond acceptors (Lipinski definition) is 2. The predicted molar refractivity (Wildman–Crippen MR) is 204 cm³/mol. The standard InChI is InChI=1S/C44H26S2/c1-2-11-28(12-3-1)41-33-14-6-8-16-35(33)42(36-17-9-7-15-34(36)41)31-20-21-32-37-22-23-38-39(26-45-43(38)44(37)46-40(32)25-31)30-19-18-27-10-4-5-13-29(27)24-30/h1-26H. The minimum Gasteiger partial charge on any atom is -0.142 e. The molecule has 0 N–H and O–H groups in total. The van der Waals surface area contributed by atoms with Crippen LogP contribution < -0.4 is 0 Å². The van der Waals surface area contributed by atoms with E-state index in [4.69, 9.17) is 0 Å². The first-order chi connectivity index (χ1) is 22.8. The summed E-state index contributed by atoms with van der Waals surface area (Å²) in [5.41, 5.74) is 7.74. The Morgan fingerprint density at radius 2 is 0.935 bits per heavy atom. The fourth-order valence-corrected chi connectivity index (χ4v) is 9.89. The van der Waals surface area contributed by atoms with Gasteiger partial charge in [-0.1, -0.05) is 140 Å². The van der Waals surface area contributed by atoms with Gasteiger partial charge in [0.2, 0.25) is 0 Å². The summed E-state index contributed by atoms with van der Waals surface area (Å²) in [7, 11) is 0. The maximum atomic E-state index is 2.43. The van der Waals surface area contributed by atoms with Crippen LogP contribution in [0.5, 0.6) is 0 Å². The molecule has 0 spiro atoms. The highest BCUT2D eigenvalue weighted by molar-refractivity contribution is 7.30. The second-order valence-electron chi connectivity index (χ2n) is 12.1. The topological polar surface area (TPSA) is 0 Å². The molecule has 0 fully saturated rings. The highest BCUT2D eigenvalue weighted by Gasteiger charge is 2.18. The third-order valence-corrected chi connectivity index (χ3v) is 11.9. The zero-order chi connectivity index (χ0) is 30.2. The normalized spacial score (nSPS) is 11.9. The van der Waals surface area contributed by atoms with Crippen LogP contribution in [0.2, 0.25) is 0 Å². The van der Waals surface area contributed by atoms with Gasteiger partial charge in [-0.3, -0.25) is 0 Å². The third-order valence-electron chi connectivity index (χ3n) is 9.52. The number of fused-ring (bicyclic) bond motifs is 8. The summed E-state index contributed by atoms with van der Waals surface area (Å²) in [4.78, 5) is 0. The molecule has 0 saturated carbocycles. The largest absolute Gasteiger partial charge is 0.142 e. The minimum atomic E-state index is 1.25. The summed E-state index contributed by atoms with van der Waals surface area (Å²) in [6.07, 6.45) is 0. The van der Waals surface area contributed by atoms with E-state index < -0.39 is 0 Å². The van der Waals surface area contributed by atoms with E-state index >= 15 is 0 Å². The Morgan fingerprint density at radius 3 is 1.67 bits per heavy atom. The monoisotopic (exact) mass is 618 g/mol. The van der Waals surface area contributed by atoms with E-state index in [1.807, 2.05) is 22.7 Å². The van der Waals surface area contributed by atoms with Gasteiger partial charge in [-0.15, -0.1) is 22.7 Å². The molecule has 0 bridgehead atoms. The summed E-state index contributed by atoms with van der Waals surface area (Å²) in [6, 6.07) is 55.9. The van der Waals surface area contributed by atoms with Gasteiger partial charge in [-0.05, 0) is 77.6 Å². The fraction of sp³-hybridized carbons (Fsp3) is 0. The first kappa shape index (κ1) is 26.0. The molecule has 214 valence electrons. The molecule has 10 rings (SSSR count). The van der Waals surface area contributed by atoms with Gasteiger partial charge in [0.1, 0.15) is 0 Å². The van der Waals surface area contributed by atoms with E-state index in [9.17, 15) is 0 Å². The molecule has 0 aliphatic rings. The van der Waals surface area contributed by atoms with Crippen molar-refractivity contribution in [3.63, 3.8) is 0 Å². The van der Waals surface area contributed by atoms with Crippen LogP contribution in [-0.4, -0.2) is 0 Å². The van der Waals surface area contributed by atoms with E-state index in [1.165, 1.54) is 96.0 Å². The molecule has 0 aliphatic heterocycles. The Bertz CT molecular complexity index is 2740. The van der Waals surface area contributed by atoms with Crippen molar-refractivity contribution >= 4 is 85.2 Å². The molecule has 0 atom stereocenters. The maximum absolute atomic E-state index is 2.43. The van der Waals surface area contributed by atoms with E-state index in [0.29, 0.717) is 0 Å². The molecule has 0 radical (unpaired) electrons. The fourth-order valence-electron chi connectivity index (χ4n) is 7.42. The second-order valence-corrected chi connectivity index (χ2v) is 14.0. The van der Waals surface area contributed by atoms with Crippen LogP contribution >= 0.6 is 22.7 Å². The van der Waals surface area contributed by atoms with Gasteiger partial charge in [0, 0.05) is 26.4 Å². The molecule has 10 aromatic rings. The van der Waals surface area contributed by atoms with Crippen molar-refractivity contribution in [1.82, 2.24) is 0 Å². The van der Waals surface area contributed by atoms with Gasteiger partial charge in [-0.25, -0.2) is 0 Å². The quantitative estimate of drug-likeness (QED) is 0.173. The van der Waals surface area contributed by atoms with Gasteiger partial charge in [0.05, 0.1) is 9.40 Å². The third kappa shape index (κ3) is 3.84. The molecule has 8 aromatic carbocycles. The molecule has 0 unspecified atom stereocenters. The Kier molecular flexibility index (Phi) is 5.72. The number of rotatable bonds is 3. The Morgan fingerprint density at radius 1 is 0.348 bits per heavy atom. The number of thiophene rings is 2. The van der Waals surface area contributed by atoms with Gasteiger partial charge >= 0.3 is 0 Å². The molecule has 46 heavy (non-hydrogen) atoms. The lowest BCUT2D eigenvalue weighted by atomic mass is 9.86. The molecular weight excluding hydrogens is 593 g/mol. The molecule has 0 aliphatic carbocycles. The van der Waals surface area contributed by atoms with E-state index in [1.54, 1.807) is 0 Å². The molecule has 0 amide bonds. The van der Waals surface area contributed by atoms with E-state index in [0.717, 1.165) is 0 Å². The van der Waals surface area contributed by atoms with E-state index in [2.05, 4.69) is 157 Å². The summed E-state index contributed by atoms with van der Waals surface area (Å²) in [5.74, 6) is 0. The summed E-state index contributed by atoms with van der Waals surface area (Å²) >= 11 is 3.81. The molecule has 2 heterocycles. The van der Waals surface area contributed by atoms with Crippen LogP contribution in [0, 0.1) is 0 Å². The highest BCUT2D eigenvalue weighted by atomic mass is 32.1. The maximum Gasteiger partial charge on any atom is 0.0533 e. The van der Waals surface area contributed by atoms with Crippen molar-refractivity contribution in [2.45, 2.75) is 0 Å². The smallest absolute Gasteiger partial charge is 0.0533 e. The van der Waals surface area contributed by atoms with Crippen LogP contribution in [0.3, 0.4) is 0 Å². The van der Waals surface area contributed by atoms with Crippen LogP contribution in [-0.2, 0) is 0 Å². The molecule has 0 saturated heterocycles. The van der Waals surface area contributed by atoms with Crippen molar-refractivity contribution in [2.75, 3.05) is 0 Å². The van der Waals surface area contributed by atoms with Gasteiger partial charge in [0.25, 0.3) is 0 Å². The average molecular weight is 619 g/mol. The van der Waals surface area contributed by atoms with Crippen molar-refractivity contribution in [3.8, 4) is 33.4 Å². The minimum absolute atomic E-state index is 1.25. The summed E-state index contributed by atoms with van der Waals surface area (Å²) in [6.45, 7) is 0. The summed E-state index contributed by atoms with van der Waals surface area (Å²) < 4.78 is 4.10. The SMILES string of the molecule is c1ccc(-c2c3ccccc3c(-c3ccc4c(c3)sc3c4ccc4c(-c5ccc6ccccc6c5)csc43)c3ccccc23)cc1. The van der Waals surface area contributed by atoms with Crippen LogP contribution in [0.25, 0.3) is 96.0 Å². The lowest BCUT2D eigenvalue weighted by molar-refractivity contribution is 1.66. The Hall–Kier alpha value is -5.28. The predicted octanol–water partition coefficient (Wildman–Crippen LogP) is 13.7. The van der Waals surface area contributed by atoms with Gasteiger partial charge < -0.3 is 0 Å². The Labute approximate surface area is 274 Å². The van der Waals surface area contributed by atoms with Crippen molar-refractivity contribution in [2.24, 2.45) is 0 Å². The van der Waals surface area contributed by atoms with Gasteiger partial charge in [0.15, 0.2) is 0 Å². The van der Waals surface area contributed by atoms with Gasteiger partial charge in [-0.2, -0.15) is 0 Å². The van der Waals surface area contributed by atoms with Crippen molar-refractivity contribution in [1.29, 1.82) is 0 Å². The molecular formula is C44H26S2. The van der Waals surface area contributed by atoms with Crippen LogP contribution in [0.1, 0.15) is 0 Å². The zero-order valence-corrected chi connectivity index (χ0v) is 26.5. The highest BCUT2D eigenvalue weighted by Crippen LogP contribution is 2.47.